The first-order valence-corrected chi connectivity index (χ1v) is 6.49. The molecule has 0 bridgehead atoms. The Bertz CT molecular complexity index is 476. The number of hydrogen-bond donors (Lipinski definition) is 4. The standard InChI is InChI=1S/C11H19N7O2/c1-6(2)20-11-16-9(15-10(17-11)18-12)13-5-8(19)14-7-3-4-7/h6-7H,3-5,12H2,1-2H3,(H,14,19)(H2,13,15,16,17,18). The number of carbonyl (C=O) groups excluding carboxylic acids is 1. The van der Waals surface area contributed by atoms with Crippen molar-refractivity contribution in [2.75, 3.05) is 17.3 Å². The molecule has 0 aliphatic heterocycles. The first-order valence-electron chi connectivity index (χ1n) is 6.49. The van der Waals surface area contributed by atoms with E-state index in [1.54, 1.807) is 0 Å². The first-order chi connectivity index (χ1) is 9.56. The van der Waals surface area contributed by atoms with Gasteiger partial charge in [-0.3, -0.25) is 10.2 Å². The monoisotopic (exact) mass is 281 g/mol. The number of hydrazine groups is 1. The van der Waals surface area contributed by atoms with Gasteiger partial charge in [0, 0.05) is 6.04 Å². The molecule has 1 aliphatic carbocycles. The Balaban J connectivity index is 1.95. The molecule has 1 amide bonds. The van der Waals surface area contributed by atoms with E-state index in [1.807, 2.05) is 13.8 Å². The maximum absolute atomic E-state index is 11.6. The Morgan fingerprint density at radius 2 is 2.05 bits per heavy atom. The van der Waals surface area contributed by atoms with E-state index in [0.717, 1.165) is 12.8 Å². The Kier molecular flexibility index (Phi) is 4.51. The molecular weight excluding hydrogens is 262 g/mol. The third-order valence-electron chi connectivity index (χ3n) is 2.43. The number of carbonyl (C=O) groups is 1. The molecule has 20 heavy (non-hydrogen) atoms. The van der Waals surface area contributed by atoms with Gasteiger partial charge in [0.15, 0.2) is 0 Å². The molecule has 1 fully saturated rings. The number of anilines is 2. The normalized spacial score (nSPS) is 14.0. The van der Waals surface area contributed by atoms with Crippen molar-refractivity contribution in [3.8, 4) is 6.01 Å². The molecule has 2 rings (SSSR count). The average Bonchev–Trinajstić information content (AvgIpc) is 3.19. The molecule has 0 saturated heterocycles. The largest absolute Gasteiger partial charge is 0.461 e. The zero-order valence-corrected chi connectivity index (χ0v) is 11.5. The van der Waals surface area contributed by atoms with Gasteiger partial charge in [-0.05, 0) is 26.7 Å². The second-order valence-corrected chi connectivity index (χ2v) is 4.77. The predicted octanol–water partition coefficient (Wildman–Crippen LogP) is -0.365. The van der Waals surface area contributed by atoms with Gasteiger partial charge in [-0.1, -0.05) is 0 Å². The highest BCUT2D eigenvalue weighted by Gasteiger charge is 2.23. The second-order valence-electron chi connectivity index (χ2n) is 4.77. The number of amides is 1. The molecule has 1 aromatic rings. The highest BCUT2D eigenvalue weighted by atomic mass is 16.5. The summed E-state index contributed by atoms with van der Waals surface area (Å²) in [6.45, 7) is 3.80. The quantitative estimate of drug-likeness (QED) is 0.394. The van der Waals surface area contributed by atoms with Crippen molar-refractivity contribution in [3.05, 3.63) is 0 Å². The maximum Gasteiger partial charge on any atom is 0.323 e. The summed E-state index contributed by atoms with van der Waals surface area (Å²) >= 11 is 0. The van der Waals surface area contributed by atoms with E-state index in [9.17, 15) is 4.79 Å². The summed E-state index contributed by atoms with van der Waals surface area (Å²) in [7, 11) is 0. The van der Waals surface area contributed by atoms with Gasteiger partial charge in [0.2, 0.25) is 17.8 Å². The van der Waals surface area contributed by atoms with Crippen LogP contribution in [0.1, 0.15) is 26.7 Å². The van der Waals surface area contributed by atoms with E-state index in [-0.39, 0.29) is 36.5 Å². The molecular formula is C11H19N7O2. The van der Waals surface area contributed by atoms with E-state index < -0.39 is 0 Å². The molecule has 0 aromatic carbocycles. The van der Waals surface area contributed by atoms with E-state index in [2.05, 4.69) is 31.0 Å². The minimum atomic E-state index is -0.0958. The lowest BCUT2D eigenvalue weighted by Gasteiger charge is -2.11. The fourth-order valence-corrected chi connectivity index (χ4v) is 1.43. The van der Waals surface area contributed by atoms with E-state index in [0.29, 0.717) is 6.04 Å². The molecule has 1 aliphatic rings. The van der Waals surface area contributed by atoms with Crippen LogP contribution in [0.5, 0.6) is 6.01 Å². The molecule has 1 saturated carbocycles. The Hall–Kier alpha value is -2.16. The maximum atomic E-state index is 11.6. The van der Waals surface area contributed by atoms with Gasteiger partial charge in [0.1, 0.15) is 0 Å². The lowest BCUT2D eigenvalue weighted by atomic mass is 10.5. The van der Waals surface area contributed by atoms with E-state index in [4.69, 9.17) is 10.6 Å². The number of aromatic nitrogens is 3. The van der Waals surface area contributed by atoms with Crippen LogP contribution in [0.3, 0.4) is 0 Å². The number of ether oxygens (including phenoxy) is 1. The average molecular weight is 281 g/mol. The molecule has 9 heteroatoms. The van der Waals surface area contributed by atoms with Crippen LogP contribution >= 0.6 is 0 Å². The van der Waals surface area contributed by atoms with Crippen LogP contribution in [-0.4, -0.2) is 39.5 Å². The fourth-order valence-electron chi connectivity index (χ4n) is 1.43. The van der Waals surface area contributed by atoms with Crippen LogP contribution in [0.25, 0.3) is 0 Å². The zero-order valence-electron chi connectivity index (χ0n) is 11.5. The van der Waals surface area contributed by atoms with Crippen molar-refractivity contribution in [1.82, 2.24) is 20.3 Å². The third kappa shape index (κ3) is 4.50. The van der Waals surface area contributed by atoms with Crippen LogP contribution in [0, 0.1) is 0 Å². The highest BCUT2D eigenvalue weighted by Crippen LogP contribution is 2.18. The third-order valence-corrected chi connectivity index (χ3v) is 2.43. The predicted molar refractivity (Wildman–Crippen MR) is 73.1 cm³/mol. The minimum Gasteiger partial charge on any atom is -0.461 e. The van der Waals surface area contributed by atoms with E-state index in [1.165, 1.54) is 0 Å². The van der Waals surface area contributed by atoms with Crippen molar-refractivity contribution >= 4 is 17.8 Å². The summed E-state index contributed by atoms with van der Waals surface area (Å²) in [5.74, 6) is 5.59. The smallest absolute Gasteiger partial charge is 0.323 e. The molecule has 0 spiro atoms. The second kappa shape index (κ2) is 6.33. The van der Waals surface area contributed by atoms with E-state index >= 15 is 0 Å². The zero-order chi connectivity index (χ0) is 14.5. The van der Waals surface area contributed by atoms with Crippen LogP contribution < -0.4 is 26.6 Å². The Morgan fingerprint density at radius 3 is 2.65 bits per heavy atom. The van der Waals surface area contributed by atoms with Gasteiger partial charge in [-0.2, -0.15) is 15.0 Å². The molecule has 9 nitrogen and oxygen atoms in total. The molecule has 110 valence electrons. The van der Waals surface area contributed by atoms with Gasteiger partial charge in [-0.25, -0.2) is 5.84 Å². The molecule has 0 unspecified atom stereocenters. The summed E-state index contributed by atoms with van der Waals surface area (Å²) < 4.78 is 5.38. The van der Waals surface area contributed by atoms with Crippen LogP contribution in [-0.2, 0) is 4.79 Å². The number of nitrogen functional groups attached to an aromatic ring is 1. The van der Waals surface area contributed by atoms with Gasteiger partial charge < -0.3 is 15.4 Å². The van der Waals surface area contributed by atoms with Gasteiger partial charge in [-0.15, -0.1) is 0 Å². The number of nitrogens with two attached hydrogens (primary N) is 1. The molecule has 1 heterocycles. The summed E-state index contributed by atoms with van der Waals surface area (Å²) in [6, 6.07) is 0.469. The molecule has 1 aromatic heterocycles. The van der Waals surface area contributed by atoms with Crippen LogP contribution in [0.15, 0.2) is 0 Å². The number of hydrogen-bond acceptors (Lipinski definition) is 8. The lowest BCUT2D eigenvalue weighted by molar-refractivity contribution is -0.119. The van der Waals surface area contributed by atoms with Gasteiger partial charge in [0.05, 0.1) is 12.6 Å². The summed E-state index contributed by atoms with van der Waals surface area (Å²) in [6.07, 6.45) is 2.02. The molecule has 5 N–H and O–H groups in total. The van der Waals surface area contributed by atoms with Crippen molar-refractivity contribution in [1.29, 1.82) is 0 Å². The topological polar surface area (TPSA) is 127 Å². The SMILES string of the molecule is CC(C)Oc1nc(NN)nc(NCC(=O)NC2CC2)n1. The summed E-state index contributed by atoms with van der Waals surface area (Å²) in [5, 5.41) is 5.67. The first kappa shape index (κ1) is 14.3. The lowest BCUT2D eigenvalue weighted by Crippen LogP contribution is -2.32. The van der Waals surface area contributed by atoms with Crippen molar-refractivity contribution in [3.63, 3.8) is 0 Å². The van der Waals surface area contributed by atoms with Gasteiger partial charge in [0.25, 0.3) is 0 Å². The Labute approximate surface area is 116 Å². The Morgan fingerprint density at radius 1 is 1.35 bits per heavy atom. The number of nitrogens with zero attached hydrogens (tertiary/aromatic N) is 3. The number of rotatable bonds is 7. The fraction of sp³-hybridized carbons (Fsp3) is 0.636. The van der Waals surface area contributed by atoms with Gasteiger partial charge >= 0.3 is 6.01 Å². The van der Waals surface area contributed by atoms with Crippen molar-refractivity contribution < 1.29 is 9.53 Å². The molecule has 0 atom stereocenters. The molecule has 0 radical (unpaired) electrons. The van der Waals surface area contributed by atoms with Crippen molar-refractivity contribution in [2.24, 2.45) is 5.84 Å². The van der Waals surface area contributed by atoms with Crippen LogP contribution in [0.2, 0.25) is 0 Å². The number of nitrogens with one attached hydrogen (secondary N) is 3. The van der Waals surface area contributed by atoms with Crippen LogP contribution in [0.4, 0.5) is 11.9 Å². The summed E-state index contributed by atoms with van der Waals surface area (Å²) in [4.78, 5) is 23.6. The minimum absolute atomic E-state index is 0.0750. The highest BCUT2D eigenvalue weighted by molar-refractivity contribution is 5.80. The van der Waals surface area contributed by atoms with Crippen molar-refractivity contribution in [2.45, 2.75) is 38.8 Å². The summed E-state index contributed by atoms with van der Waals surface area (Å²) in [5.41, 5.74) is 2.33.